The minimum atomic E-state index is -0.146. The summed E-state index contributed by atoms with van der Waals surface area (Å²) in [6.07, 6.45) is 1.97. The van der Waals surface area contributed by atoms with Gasteiger partial charge in [0.15, 0.2) is 0 Å². The lowest BCUT2D eigenvalue weighted by molar-refractivity contribution is -0.119. The van der Waals surface area contributed by atoms with Crippen molar-refractivity contribution in [2.24, 2.45) is 5.92 Å². The number of amides is 1. The van der Waals surface area contributed by atoms with E-state index in [-0.39, 0.29) is 11.9 Å². The lowest BCUT2D eigenvalue weighted by atomic mass is 9.94. The molecule has 1 aliphatic rings. The molecule has 2 N–H and O–H groups in total. The Kier molecular flexibility index (Phi) is 5.26. The summed E-state index contributed by atoms with van der Waals surface area (Å²) in [4.78, 5) is 12.3. The van der Waals surface area contributed by atoms with E-state index in [1.807, 2.05) is 6.92 Å². The third kappa shape index (κ3) is 3.87. The molecule has 2 unspecified atom stereocenters. The molecule has 1 amide bonds. The van der Waals surface area contributed by atoms with Crippen molar-refractivity contribution in [2.75, 3.05) is 18.5 Å². The normalized spacial score (nSPS) is 22.4. The van der Waals surface area contributed by atoms with Gasteiger partial charge in [-0.3, -0.25) is 4.79 Å². The zero-order chi connectivity index (χ0) is 14.5. The minimum Gasteiger partial charge on any atom is -0.492 e. The van der Waals surface area contributed by atoms with Crippen molar-refractivity contribution in [2.45, 2.75) is 32.7 Å². The van der Waals surface area contributed by atoms with Crippen LogP contribution in [0, 0.1) is 5.92 Å². The molecule has 0 saturated carbocycles. The average Bonchev–Trinajstić information content (AvgIpc) is 2.42. The second-order valence-electron chi connectivity index (χ2n) is 5.20. The van der Waals surface area contributed by atoms with Crippen LogP contribution < -0.4 is 15.4 Å². The largest absolute Gasteiger partial charge is 0.492 e. The number of anilines is 1. The first-order valence-electron chi connectivity index (χ1n) is 7.06. The number of halogens is 1. The van der Waals surface area contributed by atoms with Gasteiger partial charge < -0.3 is 15.4 Å². The average molecular weight is 297 g/mol. The van der Waals surface area contributed by atoms with Gasteiger partial charge in [0.25, 0.3) is 0 Å². The van der Waals surface area contributed by atoms with Crippen molar-refractivity contribution in [3.05, 3.63) is 23.2 Å². The zero-order valence-corrected chi connectivity index (χ0v) is 12.7. The molecule has 5 heteroatoms. The van der Waals surface area contributed by atoms with Gasteiger partial charge in [-0.15, -0.1) is 0 Å². The molecule has 1 heterocycles. The van der Waals surface area contributed by atoms with E-state index < -0.39 is 0 Å². The van der Waals surface area contributed by atoms with Crippen molar-refractivity contribution in [1.29, 1.82) is 0 Å². The monoisotopic (exact) mass is 296 g/mol. The number of carbonyl (C=O) groups is 1. The quantitative estimate of drug-likeness (QED) is 0.898. The Labute approximate surface area is 124 Å². The van der Waals surface area contributed by atoms with Crippen LogP contribution in [0.4, 0.5) is 5.69 Å². The van der Waals surface area contributed by atoms with Crippen LogP contribution in [0.1, 0.15) is 26.7 Å². The minimum absolute atomic E-state index is 0.0280. The van der Waals surface area contributed by atoms with Crippen LogP contribution in [0.25, 0.3) is 0 Å². The lowest BCUT2D eigenvalue weighted by Gasteiger charge is -2.27. The summed E-state index contributed by atoms with van der Waals surface area (Å²) in [6.45, 7) is 5.51. The summed E-state index contributed by atoms with van der Waals surface area (Å²) in [6, 6.07) is 5.10. The second kappa shape index (κ2) is 6.95. The molecule has 4 nitrogen and oxygen atoms in total. The molecule has 1 saturated heterocycles. The van der Waals surface area contributed by atoms with Gasteiger partial charge in [-0.1, -0.05) is 18.5 Å². The first-order valence-corrected chi connectivity index (χ1v) is 7.44. The van der Waals surface area contributed by atoms with Gasteiger partial charge in [0.05, 0.1) is 18.3 Å². The van der Waals surface area contributed by atoms with Crippen molar-refractivity contribution in [3.63, 3.8) is 0 Å². The van der Waals surface area contributed by atoms with E-state index in [1.165, 1.54) is 0 Å². The summed E-state index contributed by atoms with van der Waals surface area (Å²) < 4.78 is 5.51. The lowest BCUT2D eigenvalue weighted by Crippen LogP contribution is -2.45. The number of rotatable bonds is 4. The maximum Gasteiger partial charge on any atom is 0.241 e. The molecule has 0 aromatic heterocycles. The molecule has 1 fully saturated rings. The molecule has 2 rings (SSSR count). The third-order valence-electron chi connectivity index (χ3n) is 3.48. The van der Waals surface area contributed by atoms with Gasteiger partial charge in [-0.05, 0) is 50.4 Å². The van der Waals surface area contributed by atoms with Crippen molar-refractivity contribution in [3.8, 4) is 5.75 Å². The molecular weight excluding hydrogens is 276 g/mol. The summed E-state index contributed by atoms with van der Waals surface area (Å²) in [5.74, 6) is 1.19. The Balaban J connectivity index is 2.08. The second-order valence-corrected chi connectivity index (χ2v) is 5.64. The van der Waals surface area contributed by atoms with E-state index in [1.54, 1.807) is 18.2 Å². The number of nitrogens with one attached hydrogen (secondary N) is 2. The maximum atomic E-state index is 12.3. The van der Waals surface area contributed by atoms with Crippen molar-refractivity contribution < 1.29 is 9.53 Å². The van der Waals surface area contributed by atoms with Gasteiger partial charge in [-0.25, -0.2) is 0 Å². The molecule has 0 bridgehead atoms. The highest BCUT2D eigenvalue weighted by atomic mass is 35.5. The van der Waals surface area contributed by atoms with E-state index in [4.69, 9.17) is 16.3 Å². The van der Waals surface area contributed by atoms with E-state index in [0.29, 0.717) is 29.0 Å². The van der Waals surface area contributed by atoms with E-state index in [0.717, 1.165) is 19.4 Å². The Morgan fingerprint density at radius 2 is 2.35 bits per heavy atom. The van der Waals surface area contributed by atoms with Gasteiger partial charge in [-0.2, -0.15) is 0 Å². The molecule has 1 aromatic rings. The Hall–Kier alpha value is -1.26. The third-order valence-corrected chi connectivity index (χ3v) is 3.72. The molecular formula is C15H21ClN2O2. The van der Waals surface area contributed by atoms with Crippen LogP contribution >= 0.6 is 11.6 Å². The molecule has 110 valence electrons. The van der Waals surface area contributed by atoms with Crippen LogP contribution in [0.3, 0.4) is 0 Å². The number of hydrogen-bond acceptors (Lipinski definition) is 3. The Morgan fingerprint density at radius 1 is 1.55 bits per heavy atom. The van der Waals surface area contributed by atoms with Crippen LogP contribution in [0.15, 0.2) is 18.2 Å². The van der Waals surface area contributed by atoms with Crippen LogP contribution in [0.5, 0.6) is 5.75 Å². The molecule has 0 radical (unpaired) electrons. The molecule has 1 aromatic carbocycles. The number of ether oxygens (including phenoxy) is 1. The van der Waals surface area contributed by atoms with E-state index >= 15 is 0 Å². The summed E-state index contributed by atoms with van der Waals surface area (Å²) in [5.41, 5.74) is 0.629. The molecule has 1 aliphatic heterocycles. The predicted molar refractivity (Wildman–Crippen MR) is 81.4 cm³/mol. The highest BCUT2D eigenvalue weighted by Gasteiger charge is 2.25. The summed E-state index contributed by atoms with van der Waals surface area (Å²) >= 11 is 5.99. The SMILES string of the molecule is CCOc1ccc(Cl)cc1NC(=O)C1CC(C)CCN1. The first-order chi connectivity index (χ1) is 9.60. The number of carbonyl (C=O) groups excluding carboxylic acids is 1. The van der Waals surface area contributed by atoms with Crippen molar-refractivity contribution >= 4 is 23.2 Å². The van der Waals surface area contributed by atoms with E-state index in [2.05, 4.69) is 17.6 Å². The molecule has 2 atom stereocenters. The zero-order valence-electron chi connectivity index (χ0n) is 11.9. The van der Waals surface area contributed by atoms with Gasteiger partial charge in [0.1, 0.15) is 5.75 Å². The highest BCUT2D eigenvalue weighted by Crippen LogP contribution is 2.28. The summed E-state index contributed by atoms with van der Waals surface area (Å²) in [7, 11) is 0. The standard InChI is InChI=1S/C15H21ClN2O2/c1-3-20-14-5-4-11(16)9-12(14)18-15(19)13-8-10(2)6-7-17-13/h4-5,9-10,13,17H,3,6-8H2,1-2H3,(H,18,19). The smallest absolute Gasteiger partial charge is 0.241 e. The Morgan fingerprint density at radius 3 is 3.05 bits per heavy atom. The Bertz CT molecular complexity index is 479. The van der Waals surface area contributed by atoms with Crippen LogP contribution in [0.2, 0.25) is 5.02 Å². The molecule has 20 heavy (non-hydrogen) atoms. The fourth-order valence-corrected chi connectivity index (χ4v) is 2.58. The predicted octanol–water partition coefficient (Wildman–Crippen LogP) is 3.07. The van der Waals surface area contributed by atoms with E-state index in [9.17, 15) is 4.79 Å². The van der Waals surface area contributed by atoms with Gasteiger partial charge >= 0.3 is 0 Å². The number of piperidine rings is 1. The summed E-state index contributed by atoms with van der Waals surface area (Å²) in [5, 5.41) is 6.74. The van der Waals surface area contributed by atoms with Crippen molar-refractivity contribution in [1.82, 2.24) is 5.32 Å². The first kappa shape index (κ1) is 15.1. The van der Waals surface area contributed by atoms with Gasteiger partial charge in [0.2, 0.25) is 5.91 Å². The van der Waals surface area contributed by atoms with Crippen LogP contribution in [-0.2, 0) is 4.79 Å². The van der Waals surface area contributed by atoms with Crippen LogP contribution in [-0.4, -0.2) is 25.1 Å². The highest BCUT2D eigenvalue weighted by molar-refractivity contribution is 6.31. The fourth-order valence-electron chi connectivity index (χ4n) is 2.41. The number of hydrogen-bond donors (Lipinski definition) is 2. The topological polar surface area (TPSA) is 50.4 Å². The number of benzene rings is 1. The molecule has 0 spiro atoms. The van der Waals surface area contributed by atoms with Gasteiger partial charge in [0, 0.05) is 5.02 Å². The maximum absolute atomic E-state index is 12.3. The molecule has 0 aliphatic carbocycles. The fraction of sp³-hybridized carbons (Fsp3) is 0.533.